The van der Waals surface area contributed by atoms with Crippen LogP contribution in [0.2, 0.25) is 0 Å². The van der Waals surface area contributed by atoms with Crippen molar-refractivity contribution in [3.8, 4) is 0 Å². The van der Waals surface area contributed by atoms with Gasteiger partial charge in [-0.1, -0.05) is 62.7 Å². The van der Waals surface area contributed by atoms with E-state index in [1.165, 1.54) is 69.0 Å². The van der Waals surface area contributed by atoms with Gasteiger partial charge >= 0.3 is 0 Å². The fourth-order valence-corrected chi connectivity index (χ4v) is 6.70. The van der Waals surface area contributed by atoms with Crippen molar-refractivity contribution in [2.75, 3.05) is 0 Å². The summed E-state index contributed by atoms with van der Waals surface area (Å²) >= 11 is 2.50. The molecule has 3 heteroatoms. The Morgan fingerprint density at radius 1 is 0.824 bits per heavy atom. The number of aryl methyl sites for hydroxylation is 1. The molecule has 0 aliphatic heterocycles. The van der Waals surface area contributed by atoms with E-state index in [0.717, 1.165) is 11.9 Å². The van der Waals surface area contributed by atoms with Crippen LogP contribution in [0.3, 0.4) is 0 Å². The molecule has 34 heavy (non-hydrogen) atoms. The van der Waals surface area contributed by atoms with Gasteiger partial charge in [0.15, 0.2) is 0 Å². The summed E-state index contributed by atoms with van der Waals surface area (Å²) in [6.45, 7) is 9.23. The molecule has 166 valence electrons. The van der Waals surface area contributed by atoms with Crippen molar-refractivity contribution in [2.24, 2.45) is 5.41 Å². The zero-order chi connectivity index (χ0) is 23.4. The van der Waals surface area contributed by atoms with Crippen LogP contribution >= 0.6 is 22.6 Å². The number of aromatic nitrogens is 2. The summed E-state index contributed by atoms with van der Waals surface area (Å²) in [6.07, 6.45) is 2.97. The topological polar surface area (TPSA) is 17.3 Å². The minimum Gasteiger partial charge on any atom is -0.308 e. The van der Waals surface area contributed by atoms with Crippen molar-refractivity contribution >= 4 is 82.4 Å². The summed E-state index contributed by atoms with van der Waals surface area (Å²) in [5.74, 6) is 0. The summed E-state index contributed by atoms with van der Waals surface area (Å²) in [7, 11) is 0. The first kappa shape index (κ1) is 20.5. The van der Waals surface area contributed by atoms with Crippen molar-refractivity contribution in [3.63, 3.8) is 0 Å². The molecule has 0 atom stereocenters. The smallest absolute Gasteiger partial charge is 0.0823 e. The van der Waals surface area contributed by atoms with E-state index in [-0.39, 0.29) is 5.41 Å². The number of halogens is 1. The van der Waals surface area contributed by atoms with Crippen molar-refractivity contribution in [1.29, 1.82) is 0 Å². The Hall–Kier alpha value is -2.92. The fourth-order valence-electron chi connectivity index (χ4n) is 5.92. The van der Waals surface area contributed by atoms with Gasteiger partial charge < -0.3 is 4.40 Å². The Morgan fingerprint density at radius 2 is 1.65 bits per heavy atom. The molecule has 0 aliphatic rings. The van der Waals surface area contributed by atoms with Gasteiger partial charge in [-0.3, -0.25) is 4.98 Å². The molecule has 0 unspecified atom stereocenters. The molecule has 0 bridgehead atoms. The molecule has 2 nitrogen and oxygen atoms in total. The van der Waals surface area contributed by atoms with Gasteiger partial charge in [0.05, 0.1) is 22.1 Å². The lowest BCUT2D eigenvalue weighted by atomic mass is 9.84. The predicted octanol–water partition coefficient (Wildman–Crippen LogP) is 9.04. The Kier molecular flexibility index (Phi) is 4.10. The average Bonchev–Trinajstić information content (AvgIpc) is 3.14. The van der Waals surface area contributed by atoms with Gasteiger partial charge in [-0.05, 0) is 87.3 Å². The van der Waals surface area contributed by atoms with Gasteiger partial charge in [0.25, 0.3) is 0 Å². The van der Waals surface area contributed by atoms with E-state index in [1.807, 2.05) is 6.20 Å². The van der Waals surface area contributed by atoms with Gasteiger partial charge in [-0.25, -0.2) is 0 Å². The minimum atomic E-state index is 0.151. The average molecular weight is 552 g/mol. The second-order valence-corrected chi connectivity index (χ2v) is 12.1. The van der Waals surface area contributed by atoms with Gasteiger partial charge in [0.2, 0.25) is 0 Å². The lowest BCUT2D eigenvalue weighted by Crippen LogP contribution is -2.11. The van der Waals surface area contributed by atoms with Crippen LogP contribution in [0, 0.1) is 15.9 Å². The first-order chi connectivity index (χ1) is 16.3. The Morgan fingerprint density at radius 3 is 2.47 bits per heavy atom. The number of hydrogen-bond acceptors (Lipinski definition) is 1. The highest BCUT2D eigenvalue weighted by Gasteiger charge is 2.24. The summed E-state index contributed by atoms with van der Waals surface area (Å²) < 4.78 is 3.85. The Labute approximate surface area is 212 Å². The van der Waals surface area contributed by atoms with E-state index in [2.05, 4.69) is 115 Å². The number of fused-ring (bicyclic) bond motifs is 7. The number of rotatable bonds is 1. The van der Waals surface area contributed by atoms with Crippen LogP contribution in [0.15, 0.2) is 66.9 Å². The predicted molar refractivity (Wildman–Crippen MR) is 155 cm³/mol. The second kappa shape index (κ2) is 6.82. The Balaban J connectivity index is 1.90. The maximum atomic E-state index is 5.00. The lowest BCUT2D eigenvalue weighted by molar-refractivity contribution is 0.413. The standard InChI is InChI=1S/C31H25IN2/c1-17-8-9-19-15-22-28-26-18(12-13-33-28)10-11-20-27-24(32)6-5-7-25(27)34(30(20)26)29(22)23(21(19)14-17)16-31(2,3)4/h5-15H,16H2,1-4H3. The lowest BCUT2D eigenvalue weighted by Gasteiger charge is -2.23. The second-order valence-electron chi connectivity index (χ2n) is 10.9. The molecule has 0 saturated carbocycles. The Bertz CT molecular complexity index is 1940. The number of benzene rings is 4. The van der Waals surface area contributed by atoms with Crippen LogP contribution in [-0.4, -0.2) is 9.38 Å². The molecule has 0 radical (unpaired) electrons. The molecule has 0 amide bonds. The van der Waals surface area contributed by atoms with Gasteiger partial charge in [0, 0.05) is 31.3 Å². The van der Waals surface area contributed by atoms with Gasteiger partial charge in [0.1, 0.15) is 0 Å². The van der Waals surface area contributed by atoms with Crippen LogP contribution in [0.5, 0.6) is 0 Å². The molecule has 3 aromatic heterocycles. The van der Waals surface area contributed by atoms with Gasteiger partial charge in [-0.2, -0.15) is 0 Å². The van der Waals surface area contributed by atoms with E-state index < -0.39 is 0 Å². The monoisotopic (exact) mass is 552 g/mol. The molecule has 4 aromatic carbocycles. The zero-order valence-electron chi connectivity index (χ0n) is 19.8. The normalized spacial score (nSPS) is 13.0. The largest absolute Gasteiger partial charge is 0.308 e. The molecule has 7 aromatic rings. The molecule has 0 spiro atoms. The third kappa shape index (κ3) is 2.70. The first-order valence-electron chi connectivity index (χ1n) is 11.9. The summed E-state index contributed by atoms with van der Waals surface area (Å²) in [4.78, 5) is 5.00. The number of hydrogen-bond donors (Lipinski definition) is 0. The minimum absolute atomic E-state index is 0.151. The maximum Gasteiger partial charge on any atom is 0.0823 e. The van der Waals surface area contributed by atoms with Crippen LogP contribution in [-0.2, 0) is 6.42 Å². The molecule has 0 fully saturated rings. The van der Waals surface area contributed by atoms with Crippen molar-refractivity contribution in [1.82, 2.24) is 9.38 Å². The fraction of sp³-hybridized carbons (Fsp3) is 0.194. The highest BCUT2D eigenvalue weighted by atomic mass is 127. The molecule has 0 aliphatic carbocycles. The number of nitrogens with zero attached hydrogens (tertiary/aromatic N) is 2. The van der Waals surface area contributed by atoms with E-state index >= 15 is 0 Å². The maximum absolute atomic E-state index is 5.00. The van der Waals surface area contributed by atoms with Crippen molar-refractivity contribution < 1.29 is 0 Å². The molecule has 0 N–H and O–H groups in total. The van der Waals surface area contributed by atoms with E-state index in [1.54, 1.807) is 0 Å². The van der Waals surface area contributed by atoms with Crippen LogP contribution in [0.1, 0.15) is 31.9 Å². The van der Waals surface area contributed by atoms with Gasteiger partial charge in [-0.15, -0.1) is 0 Å². The van der Waals surface area contributed by atoms with Crippen LogP contribution < -0.4 is 0 Å². The van der Waals surface area contributed by atoms with Crippen molar-refractivity contribution in [3.05, 3.63) is 81.6 Å². The summed E-state index contributed by atoms with van der Waals surface area (Å²) in [5.41, 5.74) is 7.89. The summed E-state index contributed by atoms with van der Waals surface area (Å²) in [6, 6.07) is 22.7. The molecular weight excluding hydrogens is 527 g/mol. The zero-order valence-corrected chi connectivity index (χ0v) is 22.0. The molecule has 0 saturated heterocycles. The summed E-state index contributed by atoms with van der Waals surface area (Å²) in [5, 5.41) is 9.09. The highest BCUT2D eigenvalue weighted by Crippen LogP contribution is 2.44. The number of pyridine rings is 2. The molecule has 7 rings (SSSR count). The van der Waals surface area contributed by atoms with Crippen molar-refractivity contribution in [2.45, 2.75) is 34.1 Å². The van der Waals surface area contributed by atoms with E-state index in [9.17, 15) is 0 Å². The third-order valence-corrected chi connectivity index (χ3v) is 8.09. The highest BCUT2D eigenvalue weighted by molar-refractivity contribution is 14.1. The SMILES string of the molecule is Cc1ccc2cc3c4nccc5ccc6c7c(I)cccc7n(c3c(CC(C)(C)C)c2c1)c6c54. The first-order valence-corrected chi connectivity index (χ1v) is 13.0. The molecule has 3 heterocycles. The van der Waals surface area contributed by atoms with Crippen LogP contribution in [0.4, 0.5) is 0 Å². The van der Waals surface area contributed by atoms with E-state index in [4.69, 9.17) is 4.98 Å². The van der Waals surface area contributed by atoms with E-state index in [0.29, 0.717) is 0 Å². The third-order valence-electron chi connectivity index (χ3n) is 7.19. The van der Waals surface area contributed by atoms with Crippen LogP contribution in [0.25, 0.3) is 59.8 Å². The quantitative estimate of drug-likeness (QED) is 0.113. The molecular formula is C31H25IN2.